The largest absolute Gasteiger partial charge is 0.486 e. The van der Waals surface area contributed by atoms with Crippen LogP contribution in [0.4, 0.5) is 21.6 Å². The van der Waals surface area contributed by atoms with Gasteiger partial charge in [-0.1, -0.05) is 0 Å². The average molecular weight is 365 g/mol. The number of fused-ring (bicyclic) bond motifs is 1. The molecule has 1 amide bonds. The smallest absolute Gasteiger partial charge is 0.255 e. The first kappa shape index (κ1) is 16.8. The van der Waals surface area contributed by atoms with E-state index in [9.17, 15) is 9.18 Å². The van der Waals surface area contributed by atoms with Crippen molar-refractivity contribution in [3.05, 3.63) is 72.2 Å². The van der Waals surface area contributed by atoms with Gasteiger partial charge in [-0.15, -0.1) is 0 Å². The highest BCUT2D eigenvalue weighted by atomic mass is 19.1. The lowest BCUT2D eigenvalue weighted by molar-refractivity contribution is 0.102. The zero-order chi connectivity index (χ0) is 18.6. The summed E-state index contributed by atoms with van der Waals surface area (Å²) in [5.41, 5.74) is 1.72. The maximum absolute atomic E-state index is 12.9. The number of hydrogen-bond donors (Lipinski definition) is 2. The van der Waals surface area contributed by atoms with Crippen LogP contribution in [0.2, 0.25) is 0 Å². The summed E-state index contributed by atoms with van der Waals surface area (Å²) in [6.45, 7) is 1.07. The van der Waals surface area contributed by atoms with E-state index in [1.165, 1.54) is 24.3 Å². The highest BCUT2D eigenvalue weighted by Crippen LogP contribution is 2.33. The summed E-state index contributed by atoms with van der Waals surface area (Å²) < 4.78 is 24.0. The number of nitrogens with one attached hydrogen (secondary N) is 2. The van der Waals surface area contributed by atoms with Crippen LogP contribution in [-0.2, 0) is 0 Å². The van der Waals surface area contributed by atoms with E-state index in [2.05, 4.69) is 15.6 Å². The number of pyridine rings is 1. The highest BCUT2D eigenvalue weighted by Gasteiger charge is 2.12. The number of anilines is 3. The first-order chi connectivity index (χ1) is 13.2. The van der Waals surface area contributed by atoms with Crippen molar-refractivity contribution in [1.29, 1.82) is 0 Å². The Balaban J connectivity index is 1.41. The van der Waals surface area contributed by atoms with Crippen LogP contribution in [-0.4, -0.2) is 24.1 Å². The fourth-order valence-corrected chi connectivity index (χ4v) is 2.62. The van der Waals surface area contributed by atoms with Crippen LogP contribution in [0.5, 0.6) is 11.5 Å². The quantitative estimate of drug-likeness (QED) is 0.731. The third-order valence-corrected chi connectivity index (χ3v) is 3.94. The predicted molar refractivity (Wildman–Crippen MR) is 99.3 cm³/mol. The highest BCUT2D eigenvalue weighted by molar-refractivity contribution is 6.04. The molecule has 2 N–H and O–H groups in total. The summed E-state index contributed by atoms with van der Waals surface area (Å²) in [4.78, 5) is 16.4. The number of carbonyl (C=O) groups is 1. The molecule has 0 unspecified atom stereocenters. The second-order valence-corrected chi connectivity index (χ2v) is 5.88. The first-order valence-corrected chi connectivity index (χ1v) is 8.37. The van der Waals surface area contributed by atoms with Gasteiger partial charge in [0.05, 0.1) is 11.9 Å². The molecule has 0 radical (unpaired) electrons. The van der Waals surface area contributed by atoms with Gasteiger partial charge in [0, 0.05) is 17.3 Å². The minimum atomic E-state index is -0.386. The molecule has 0 saturated carbocycles. The van der Waals surface area contributed by atoms with Crippen molar-refractivity contribution in [1.82, 2.24) is 4.98 Å². The Bertz CT molecular complexity index is 959. The molecule has 4 rings (SSSR count). The van der Waals surface area contributed by atoms with E-state index in [1.807, 2.05) is 18.2 Å². The van der Waals surface area contributed by atoms with Gasteiger partial charge in [-0.25, -0.2) is 9.37 Å². The van der Waals surface area contributed by atoms with Crippen LogP contribution in [0.3, 0.4) is 0 Å². The van der Waals surface area contributed by atoms with Crippen molar-refractivity contribution in [2.24, 2.45) is 0 Å². The standard InChI is InChI=1S/C20H16FN3O3/c21-14-3-1-13(2-4-14)20(25)24-16-6-8-19(22-12-16)23-15-5-7-17-18(11-15)27-10-9-26-17/h1-8,11-12H,9-10H2,(H,22,23)(H,24,25). The Kier molecular flexibility index (Phi) is 4.57. The molecule has 0 fully saturated rings. The van der Waals surface area contributed by atoms with Crippen LogP contribution in [0.25, 0.3) is 0 Å². The summed E-state index contributed by atoms with van der Waals surface area (Å²) in [5, 5.41) is 5.89. The van der Waals surface area contributed by atoms with E-state index in [1.54, 1.807) is 18.3 Å². The molecule has 0 spiro atoms. The molecule has 2 aromatic carbocycles. The Morgan fingerprint density at radius 1 is 0.926 bits per heavy atom. The van der Waals surface area contributed by atoms with Crippen LogP contribution in [0, 0.1) is 5.82 Å². The van der Waals surface area contributed by atoms with Gasteiger partial charge in [-0.05, 0) is 48.5 Å². The molecule has 7 heteroatoms. The number of hydrogen-bond acceptors (Lipinski definition) is 5. The number of aromatic nitrogens is 1. The zero-order valence-corrected chi connectivity index (χ0v) is 14.2. The van der Waals surface area contributed by atoms with Gasteiger partial charge in [-0.2, -0.15) is 0 Å². The molecule has 136 valence electrons. The van der Waals surface area contributed by atoms with E-state index in [-0.39, 0.29) is 11.7 Å². The zero-order valence-electron chi connectivity index (χ0n) is 14.2. The molecule has 3 aromatic rings. The number of carbonyl (C=O) groups excluding carboxylic acids is 1. The van der Waals surface area contributed by atoms with Gasteiger partial charge in [0.25, 0.3) is 5.91 Å². The third-order valence-electron chi connectivity index (χ3n) is 3.94. The normalized spacial score (nSPS) is 12.3. The lowest BCUT2D eigenvalue weighted by atomic mass is 10.2. The SMILES string of the molecule is O=C(Nc1ccc(Nc2ccc3c(c2)OCCO3)nc1)c1ccc(F)cc1. The van der Waals surface area contributed by atoms with E-state index < -0.39 is 0 Å². The second kappa shape index (κ2) is 7.33. The molecule has 0 atom stereocenters. The van der Waals surface area contributed by atoms with Crippen molar-refractivity contribution in [3.8, 4) is 11.5 Å². The molecule has 0 aliphatic carbocycles. The number of halogens is 1. The van der Waals surface area contributed by atoms with Crippen molar-refractivity contribution in [2.45, 2.75) is 0 Å². The summed E-state index contributed by atoms with van der Waals surface area (Å²) >= 11 is 0. The summed E-state index contributed by atoms with van der Waals surface area (Å²) in [6, 6.07) is 14.4. The maximum atomic E-state index is 12.9. The van der Waals surface area contributed by atoms with Crippen LogP contribution < -0.4 is 20.1 Å². The fraction of sp³-hybridized carbons (Fsp3) is 0.100. The Hall–Kier alpha value is -3.61. The van der Waals surface area contributed by atoms with Gasteiger partial charge >= 0.3 is 0 Å². The minimum Gasteiger partial charge on any atom is -0.486 e. The minimum absolute atomic E-state index is 0.329. The van der Waals surface area contributed by atoms with Crippen molar-refractivity contribution < 1.29 is 18.7 Å². The molecule has 0 bridgehead atoms. The predicted octanol–water partition coefficient (Wildman–Crippen LogP) is 3.99. The van der Waals surface area contributed by atoms with E-state index in [0.29, 0.717) is 36.0 Å². The van der Waals surface area contributed by atoms with Gasteiger partial charge in [-0.3, -0.25) is 4.79 Å². The molecule has 6 nitrogen and oxygen atoms in total. The van der Waals surface area contributed by atoms with Gasteiger partial charge < -0.3 is 20.1 Å². The second-order valence-electron chi connectivity index (χ2n) is 5.88. The van der Waals surface area contributed by atoms with E-state index in [0.717, 1.165) is 11.4 Å². The Morgan fingerprint density at radius 3 is 2.41 bits per heavy atom. The molecule has 1 aromatic heterocycles. The number of nitrogens with zero attached hydrogens (tertiary/aromatic N) is 1. The molecular formula is C20H16FN3O3. The molecule has 0 saturated heterocycles. The van der Waals surface area contributed by atoms with Crippen LogP contribution in [0.1, 0.15) is 10.4 Å². The molecule has 1 aliphatic heterocycles. The number of amides is 1. The first-order valence-electron chi connectivity index (χ1n) is 8.37. The summed E-state index contributed by atoms with van der Waals surface area (Å²) in [5.74, 6) is 1.31. The van der Waals surface area contributed by atoms with E-state index >= 15 is 0 Å². The Labute approximate surface area is 155 Å². The van der Waals surface area contributed by atoms with Gasteiger partial charge in [0.2, 0.25) is 0 Å². The molecule has 27 heavy (non-hydrogen) atoms. The fourth-order valence-electron chi connectivity index (χ4n) is 2.62. The van der Waals surface area contributed by atoms with Crippen molar-refractivity contribution in [2.75, 3.05) is 23.8 Å². The third kappa shape index (κ3) is 3.98. The summed E-state index contributed by atoms with van der Waals surface area (Å²) in [7, 11) is 0. The Morgan fingerprint density at radius 2 is 1.67 bits per heavy atom. The molecular weight excluding hydrogens is 349 g/mol. The van der Waals surface area contributed by atoms with Crippen LogP contribution in [0.15, 0.2) is 60.8 Å². The lowest BCUT2D eigenvalue weighted by Gasteiger charge is -2.19. The summed E-state index contributed by atoms with van der Waals surface area (Å²) in [6.07, 6.45) is 1.54. The van der Waals surface area contributed by atoms with Crippen molar-refractivity contribution >= 4 is 23.1 Å². The van der Waals surface area contributed by atoms with Gasteiger partial charge in [0.15, 0.2) is 11.5 Å². The van der Waals surface area contributed by atoms with E-state index in [4.69, 9.17) is 9.47 Å². The molecule has 2 heterocycles. The lowest BCUT2D eigenvalue weighted by Crippen LogP contribution is -2.15. The monoisotopic (exact) mass is 365 g/mol. The maximum Gasteiger partial charge on any atom is 0.255 e. The average Bonchev–Trinajstić information content (AvgIpc) is 2.70. The van der Waals surface area contributed by atoms with Crippen molar-refractivity contribution in [3.63, 3.8) is 0 Å². The van der Waals surface area contributed by atoms with Gasteiger partial charge in [0.1, 0.15) is 24.8 Å². The number of ether oxygens (including phenoxy) is 2. The number of rotatable bonds is 4. The molecule has 1 aliphatic rings. The topological polar surface area (TPSA) is 72.5 Å². The number of benzene rings is 2. The van der Waals surface area contributed by atoms with Crippen LogP contribution >= 0.6 is 0 Å².